The van der Waals surface area contributed by atoms with Gasteiger partial charge in [-0.3, -0.25) is 15.0 Å². The molecule has 30 heavy (non-hydrogen) atoms. The van der Waals surface area contributed by atoms with Crippen molar-refractivity contribution in [1.82, 2.24) is 15.4 Å². The summed E-state index contributed by atoms with van der Waals surface area (Å²) in [5, 5.41) is 8.98. The van der Waals surface area contributed by atoms with E-state index in [1.54, 1.807) is 54.6 Å². The minimum atomic E-state index is -4.58. The maximum Gasteiger partial charge on any atom is 0.434 e. The van der Waals surface area contributed by atoms with E-state index in [2.05, 4.69) is 9.97 Å². The molecule has 0 saturated heterocycles. The second-order valence-electron chi connectivity index (χ2n) is 6.98. The van der Waals surface area contributed by atoms with Gasteiger partial charge in [-0.25, -0.2) is 14.9 Å². The molecule has 1 fully saturated rings. The highest BCUT2D eigenvalue weighted by Crippen LogP contribution is 2.66. The summed E-state index contributed by atoms with van der Waals surface area (Å²) in [6, 6.07) is 15.0. The van der Waals surface area contributed by atoms with Crippen molar-refractivity contribution in [2.45, 2.75) is 23.7 Å². The number of alkyl halides is 4. The average molecular weight is 417 g/mol. The van der Waals surface area contributed by atoms with E-state index in [-0.39, 0.29) is 5.69 Å². The van der Waals surface area contributed by atoms with Crippen molar-refractivity contribution in [3.05, 3.63) is 83.8 Å². The number of aromatic nitrogens is 2. The molecule has 154 valence electrons. The zero-order chi connectivity index (χ0) is 21.5. The molecule has 3 atom stereocenters. The second-order valence-corrected chi connectivity index (χ2v) is 6.98. The molecule has 5 nitrogen and oxygen atoms in total. The van der Waals surface area contributed by atoms with Gasteiger partial charge in [0.15, 0.2) is 5.69 Å². The van der Waals surface area contributed by atoms with Gasteiger partial charge in [-0.2, -0.15) is 13.2 Å². The summed E-state index contributed by atoms with van der Waals surface area (Å²) in [6.45, 7) is 0. The smallest absolute Gasteiger partial charge is 0.289 e. The minimum Gasteiger partial charge on any atom is -0.289 e. The molecule has 3 unspecified atom stereocenters. The largest absolute Gasteiger partial charge is 0.434 e. The molecular weight excluding hydrogens is 402 g/mol. The molecule has 9 heteroatoms. The van der Waals surface area contributed by atoms with Crippen LogP contribution in [-0.2, 0) is 11.0 Å². The fraction of sp³-hybridized carbons (Fsp3) is 0.190. The lowest BCUT2D eigenvalue weighted by molar-refractivity contribution is -0.141. The van der Waals surface area contributed by atoms with Crippen LogP contribution in [0, 0.1) is 0 Å². The first kappa shape index (κ1) is 20.0. The van der Waals surface area contributed by atoms with Crippen LogP contribution < -0.4 is 5.48 Å². The molecule has 3 aromatic rings. The summed E-state index contributed by atoms with van der Waals surface area (Å²) in [5.41, 5.74) is -0.161. The number of hydrogen-bond acceptors (Lipinski definition) is 4. The summed E-state index contributed by atoms with van der Waals surface area (Å²) >= 11 is 0. The molecule has 0 bridgehead atoms. The molecule has 0 radical (unpaired) electrons. The fourth-order valence-corrected chi connectivity index (χ4v) is 3.74. The number of hydrogen-bond donors (Lipinski definition) is 2. The monoisotopic (exact) mass is 417 g/mol. The third-order valence-corrected chi connectivity index (χ3v) is 5.25. The van der Waals surface area contributed by atoms with E-state index in [1.807, 2.05) is 0 Å². The highest BCUT2D eigenvalue weighted by atomic mass is 19.4. The highest BCUT2D eigenvalue weighted by Gasteiger charge is 2.72. The number of halogens is 4. The van der Waals surface area contributed by atoms with Gasteiger partial charge >= 0.3 is 6.18 Å². The SMILES string of the molecule is O=C(NO)C1(F)C(c2ccccc2)C1c1ccc(-c2cnc(C(F)(F)F)cn2)cc1. The van der Waals surface area contributed by atoms with Crippen LogP contribution >= 0.6 is 0 Å². The van der Waals surface area contributed by atoms with Crippen LogP contribution in [0.4, 0.5) is 17.6 Å². The first-order valence-electron chi connectivity index (χ1n) is 8.94. The van der Waals surface area contributed by atoms with Crippen molar-refractivity contribution in [1.29, 1.82) is 0 Å². The van der Waals surface area contributed by atoms with Crippen molar-refractivity contribution in [3.8, 4) is 11.3 Å². The highest BCUT2D eigenvalue weighted by molar-refractivity contribution is 5.92. The third-order valence-electron chi connectivity index (χ3n) is 5.25. The zero-order valence-corrected chi connectivity index (χ0v) is 15.3. The zero-order valence-electron chi connectivity index (χ0n) is 15.3. The summed E-state index contributed by atoms with van der Waals surface area (Å²) in [7, 11) is 0. The van der Waals surface area contributed by atoms with Crippen molar-refractivity contribution in [3.63, 3.8) is 0 Å². The Balaban J connectivity index is 1.62. The molecule has 1 aliphatic rings. The minimum absolute atomic E-state index is 0.226. The van der Waals surface area contributed by atoms with E-state index in [0.29, 0.717) is 22.9 Å². The summed E-state index contributed by atoms with van der Waals surface area (Å²) < 4.78 is 53.4. The van der Waals surface area contributed by atoms with E-state index < -0.39 is 35.3 Å². The number of benzene rings is 2. The van der Waals surface area contributed by atoms with Gasteiger partial charge in [0, 0.05) is 17.4 Å². The first-order chi connectivity index (χ1) is 14.3. The average Bonchev–Trinajstić information content (AvgIpc) is 3.40. The fourth-order valence-electron chi connectivity index (χ4n) is 3.74. The quantitative estimate of drug-likeness (QED) is 0.378. The van der Waals surface area contributed by atoms with Gasteiger partial charge in [0.2, 0.25) is 5.67 Å². The van der Waals surface area contributed by atoms with Crippen LogP contribution in [0.2, 0.25) is 0 Å². The number of rotatable bonds is 4. The van der Waals surface area contributed by atoms with Crippen LogP contribution in [0.25, 0.3) is 11.3 Å². The Morgan fingerprint density at radius 2 is 1.53 bits per heavy atom. The topological polar surface area (TPSA) is 75.1 Å². The molecular formula is C21H15F4N3O2. The molecule has 1 aromatic heterocycles. The van der Waals surface area contributed by atoms with Gasteiger partial charge in [0.05, 0.1) is 18.1 Å². The van der Waals surface area contributed by atoms with E-state index >= 15 is 4.39 Å². The summed E-state index contributed by atoms with van der Waals surface area (Å²) in [4.78, 5) is 19.2. The van der Waals surface area contributed by atoms with Crippen LogP contribution in [0.1, 0.15) is 28.7 Å². The lowest BCUT2D eigenvalue weighted by Gasteiger charge is -2.07. The molecule has 2 N–H and O–H groups in total. The molecule has 0 spiro atoms. The molecule has 1 amide bonds. The Hall–Kier alpha value is -3.33. The maximum atomic E-state index is 15.5. The maximum absolute atomic E-state index is 15.5. The van der Waals surface area contributed by atoms with Crippen molar-refractivity contribution in [2.24, 2.45) is 0 Å². The van der Waals surface area contributed by atoms with Gasteiger partial charge in [-0.1, -0.05) is 54.6 Å². The van der Waals surface area contributed by atoms with E-state index in [4.69, 9.17) is 5.21 Å². The standard InChI is InChI=1S/C21H15F4N3O2/c22-20(19(29)28-30)17(13-4-2-1-3-5-13)18(20)14-8-6-12(7-9-14)15-10-27-16(11-26-15)21(23,24)25/h1-11,17-18,30H,(H,28,29). The number of carbonyl (C=O) groups is 1. The van der Waals surface area contributed by atoms with Crippen LogP contribution in [0.15, 0.2) is 67.0 Å². The lowest BCUT2D eigenvalue weighted by Crippen LogP contribution is -2.33. The normalized spacial score (nSPS) is 23.1. The molecule has 2 aromatic carbocycles. The predicted molar refractivity (Wildman–Crippen MR) is 98.2 cm³/mol. The van der Waals surface area contributed by atoms with Crippen molar-refractivity contribution >= 4 is 5.91 Å². The van der Waals surface area contributed by atoms with Crippen LogP contribution in [0.5, 0.6) is 0 Å². The van der Waals surface area contributed by atoms with Gasteiger partial charge in [0.25, 0.3) is 5.91 Å². The molecule has 1 aliphatic carbocycles. The molecule has 1 heterocycles. The van der Waals surface area contributed by atoms with E-state index in [9.17, 15) is 18.0 Å². The van der Waals surface area contributed by atoms with Gasteiger partial charge in [-0.05, 0) is 11.1 Å². The van der Waals surface area contributed by atoms with Crippen LogP contribution in [-0.4, -0.2) is 26.8 Å². The van der Waals surface area contributed by atoms with Gasteiger partial charge in [0.1, 0.15) is 0 Å². The predicted octanol–water partition coefficient (Wildman–Crippen LogP) is 4.26. The Morgan fingerprint density at radius 1 is 0.933 bits per heavy atom. The Bertz CT molecular complexity index is 1060. The van der Waals surface area contributed by atoms with E-state index in [1.165, 1.54) is 5.48 Å². The number of amides is 1. The van der Waals surface area contributed by atoms with Gasteiger partial charge in [-0.15, -0.1) is 0 Å². The first-order valence-corrected chi connectivity index (χ1v) is 8.94. The van der Waals surface area contributed by atoms with Gasteiger partial charge < -0.3 is 0 Å². The van der Waals surface area contributed by atoms with E-state index in [0.717, 1.165) is 6.20 Å². The second kappa shape index (κ2) is 7.17. The Labute approximate surface area is 168 Å². The number of nitrogens with one attached hydrogen (secondary N) is 1. The summed E-state index contributed by atoms with van der Waals surface area (Å²) in [6.07, 6.45) is -2.92. The van der Waals surface area contributed by atoms with Crippen molar-refractivity contribution in [2.75, 3.05) is 0 Å². The number of hydroxylamine groups is 1. The summed E-state index contributed by atoms with van der Waals surface area (Å²) in [5.74, 6) is -2.72. The molecule has 0 aliphatic heterocycles. The molecule has 4 rings (SSSR count). The number of nitrogens with zero attached hydrogens (tertiary/aromatic N) is 2. The van der Waals surface area contributed by atoms with Crippen LogP contribution in [0.3, 0.4) is 0 Å². The third kappa shape index (κ3) is 3.30. The lowest BCUT2D eigenvalue weighted by atomic mass is 10.0. The van der Waals surface area contributed by atoms with Crippen molar-refractivity contribution < 1.29 is 27.6 Å². The molecule has 1 saturated carbocycles. The Morgan fingerprint density at radius 3 is 2.03 bits per heavy atom. The Kier molecular flexibility index (Phi) is 4.77. The number of carbonyl (C=O) groups excluding carboxylic acids is 1.